The number of nitrogens with zero attached hydrogens (tertiary/aromatic N) is 4. The lowest BCUT2D eigenvalue weighted by molar-refractivity contribution is 0.249. The summed E-state index contributed by atoms with van der Waals surface area (Å²) in [6.07, 6.45) is 6.74. The summed E-state index contributed by atoms with van der Waals surface area (Å²) in [7, 11) is 0. The highest BCUT2D eigenvalue weighted by Gasteiger charge is 2.10. The summed E-state index contributed by atoms with van der Waals surface area (Å²) in [5.74, 6) is 0.734. The van der Waals surface area contributed by atoms with Crippen molar-refractivity contribution in [1.29, 1.82) is 0 Å². The molecule has 0 spiro atoms. The molecule has 1 aromatic carbocycles. The number of benzene rings is 1. The summed E-state index contributed by atoms with van der Waals surface area (Å²) in [5.41, 5.74) is 1.44. The van der Waals surface area contributed by atoms with Gasteiger partial charge in [0.2, 0.25) is 11.7 Å². The number of amides is 2. The first-order valence-electron chi connectivity index (χ1n) is 7.90. The van der Waals surface area contributed by atoms with Crippen LogP contribution in [0.2, 0.25) is 0 Å². The topological polar surface area (TPSA) is 106 Å². The van der Waals surface area contributed by atoms with Crippen LogP contribution in [0, 0.1) is 0 Å². The van der Waals surface area contributed by atoms with Gasteiger partial charge in [-0.15, -0.1) is 0 Å². The number of fused-ring (bicyclic) bond motifs is 1. The van der Waals surface area contributed by atoms with Gasteiger partial charge in [-0.2, -0.15) is 4.98 Å². The van der Waals surface area contributed by atoms with Crippen molar-refractivity contribution >= 4 is 22.5 Å². The van der Waals surface area contributed by atoms with Crippen LogP contribution in [0.15, 0.2) is 65.7 Å². The molecule has 2 amide bonds. The zero-order valence-corrected chi connectivity index (χ0v) is 13.6. The third kappa shape index (κ3) is 3.34. The van der Waals surface area contributed by atoms with Gasteiger partial charge in [0, 0.05) is 41.1 Å². The van der Waals surface area contributed by atoms with Crippen LogP contribution in [0.25, 0.3) is 22.2 Å². The smallest absolute Gasteiger partial charge is 0.319 e. The maximum atomic E-state index is 12.2. The van der Waals surface area contributed by atoms with Gasteiger partial charge in [0.25, 0.3) is 0 Å². The molecule has 8 nitrogen and oxygen atoms in total. The molecule has 0 atom stereocenters. The van der Waals surface area contributed by atoms with Crippen LogP contribution in [-0.4, -0.2) is 26.1 Å². The lowest BCUT2D eigenvalue weighted by atomic mass is 10.1. The summed E-state index contributed by atoms with van der Waals surface area (Å²) >= 11 is 0. The second-order valence-electron chi connectivity index (χ2n) is 5.46. The van der Waals surface area contributed by atoms with Gasteiger partial charge in [0.15, 0.2) is 0 Å². The second kappa shape index (κ2) is 6.98. The fraction of sp³-hybridized carbons (Fsp3) is 0.0556. The molecule has 3 aromatic heterocycles. The van der Waals surface area contributed by atoms with Crippen LogP contribution in [0.5, 0.6) is 0 Å². The third-order valence-electron chi connectivity index (χ3n) is 3.72. The van der Waals surface area contributed by atoms with Gasteiger partial charge < -0.3 is 15.2 Å². The minimum atomic E-state index is -0.365. The van der Waals surface area contributed by atoms with Gasteiger partial charge in [-0.05, 0) is 24.3 Å². The molecular formula is C18H14N6O2. The number of hydrogen-bond acceptors (Lipinski definition) is 6. The summed E-state index contributed by atoms with van der Waals surface area (Å²) in [4.78, 5) is 24.5. The Bertz CT molecular complexity index is 1040. The lowest BCUT2D eigenvalue weighted by Crippen LogP contribution is -2.28. The Labute approximate surface area is 148 Å². The van der Waals surface area contributed by atoms with Gasteiger partial charge in [-0.25, -0.2) is 4.79 Å². The molecule has 3 heterocycles. The molecular weight excluding hydrogens is 332 g/mol. The molecule has 0 radical (unpaired) electrons. The molecule has 0 aliphatic rings. The predicted octanol–water partition coefficient (Wildman–Crippen LogP) is 3.00. The minimum absolute atomic E-state index is 0.116. The van der Waals surface area contributed by atoms with E-state index in [2.05, 4.69) is 30.7 Å². The largest absolute Gasteiger partial charge is 0.337 e. The molecule has 0 saturated carbocycles. The zero-order valence-electron chi connectivity index (χ0n) is 13.6. The Kier molecular flexibility index (Phi) is 4.21. The van der Waals surface area contributed by atoms with E-state index in [1.165, 1.54) is 0 Å². The summed E-state index contributed by atoms with van der Waals surface area (Å²) in [5, 5.41) is 11.3. The van der Waals surface area contributed by atoms with E-state index < -0.39 is 0 Å². The number of urea groups is 1. The monoisotopic (exact) mass is 346 g/mol. The number of rotatable bonds is 4. The molecule has 128 valence electrons. The third-order valence-corrected chi connectivity index (χ3v) is 3.72. The zero-order chi connectivity index (χ0) is 17.8. The number of aromatic nitrogens is 4. The maximum absolute atomic E-state index is 12.2. The molecule has 2 N–H and O–H groups in total. The molecule has 26 heavy (non-hydrogen) atoms. The molecule has 8 heteroatoms. The molecule has 4 aromatic rings. The Morgan fingerprint density at radius 3 is 2.85 bits per heavy atom. The van der Waals surface area contributed by atoms with Crippen LogP contribution in [0.3, 0.4) is 0 Å². The maximum Gasteiger partial charge on any atom is 0.319 e. The van der Waals surface area contributed by atoms with E-state index in [1.54, 1.807) is 30.9 Å². The van der Waals surface area contributed by atoms with Gasteiger partial charge in [-0.3, -0.25) is 9.97 Å². The Hall–Kier alpha value is -3.81. The highest BCUT2D eigenvalue weighted by molar-refractivity contribution is 6.01. The Balaban J connectivity index is 1.41. The van der Waals surface area contributed by atoms with Crippen LogP contribution in [-0.2, 0) is 6.54 Å². The summed E-state index contributed by atoms with van der Waals surface area (Å²) in [6.45, 7) is 0.116. The Morgan fingerprint density at radius 2 is 1.96 bits per heavy atom. The van der Waals surface area contributed by atoms with E-state index in [1.807, 2.05) is 30.3 Å². The van der Waals surface area contributed by atoms with E-state index in [4.69, 9.17) is 4.52 Å². The second-order valence-corrected chi connectivity index (χ2v) is 5.46. The van der Waals surface area contributed by atoms with Crippen molar-refractivity contribution in [3.63, 3.8) is 0 Å². The first-order chi connectivity index (χ1) is 12.8. The molecule has 0 unspecified atom stereocenters. The van der Waals surface area contributed by atoms with E-state index in [0.717, 1.165) is 16.3 Å². The summed E-state index contributed by atoms with van der Waals surface area (Å²) in [6, 6.07) is 10.7. The first-order valence-corrected chi connectivity index (χ1v) is 7.90. The van der Waals surface area contributed by atoms with Gasteiger partial charge in [0.05, 0.1) is 12.2 Å². The highest BCUT2D eigenvalue weighted by atomic mass is 16.5. The van der Waals surface area contributed by atoms with Gasteiger partial charge in [0.1, 0.15) is 0 Å². The molecule has 0 saturated heterocycles. The van der Waals surface area contributed by atoms with E-state index in [0.29, 0.717) is 17.4 Å². The molecule has 0 aliphatic heterocycles. The number of hydrogen-bond donors (Lipinski definition) is 2. The number of anilines is 1. The van der Waals surface area contributed by atoms with Crippen molar-refractivity contribution in [1.82, 2.24) is 25.4 Å². The number of carbonyl (C=O) groups excluding carboxylic acids is 1. The van der Waals surface area contributed by atoms with Crippen molar-refractivity contribution < 1.29 is 9.32 Å². The average molecular weight is 346 g/mol. The highest BCUT2D eigenvalue weighted by Crippen LogP contribution is 2.22. The van der Waals surface area contributed by atoms with Crippen LogP contribution in [0.1, 0.15) is 5.89 Å². The normalized spacial score (nSPS) is 10.6. The van der Waals surface area contributed by atoms with Crippen molar-refractivity contribution in [2.75, 3.05) is 5.32 Å². The van der Waals surface area contributed by atoms with Gasteiger partial charge >= 0.3 is 6.03 Å². The SMILES string of the molecule is O=C(NCc1nc(-c2cccnc2)no1)Nc1cccc2cnccc12. The van der Waals surface area contributed by atoms with Crippen molar-refractivity contribution in [2.24, 2.45) is 0 Å². The van der Waals surface area contributed by atoms with Crippen LogP contribution >= 0.6 is 0 Å². The molecule has 0 bridgehead atoms. The van der Waals surface area contributed by atoms with Gasteiger partial charge in [-0.1, -0.05) is 17.3 Å². The van der Waals surface area contributed by atoms with Crippen molar-refractivity contribution in [3.8, 4) is 11.4 Å². The number of pyridine rings is 2. The standard InChI is InChI=1S/C18H14N6O2/c25-18(22-15-5-1-3-12-9-20-8-6-14(12)15)21-11-16-23-17(24-26-16)13-4-2-7-19-10-13/h1-10H,11H2,(H2,21,22,25). The van der Waals surface area contributed by atoms with E-state index in [-0.39, 0.29) is 12.6 Å². The van der Waals surface area contributed by atoms with Crippen molar-refractivity contribution in [2.45, 2.75) is 6.54 Å². The van der Waals surface area contributed by atoms with Crippen LogP contribution < -0.4 is 10.6 Å². The summed E-state index contributed by atoms with van der Waals surface area (Å²) < 4.78 is 5.15. The number of nitrogens with one attached hydrogen (secondary N) is 2. The number of carbonyl (C=O) groups is 1. The fourth-order valence-corrected chi connectivity index (χ4v) is 2.49. The molecule has 4 rings (SSSR count). The van der Waals surface area contributed by atoms with E-state index >= 15 is 0 Å². The predicted molar refractivity (Wildman–Crippen MR) is 95.1 cm³/mol. The van der Waals surface area contributed by atoms with E-state index in [9.17, 15) is 4.79 Å². The molecule has 0 aliphatic carbocycles. The quantitative estimate of drug-likeness (QED) is 0.588. The lowest BCUT2D eigenvalue weighted by Gasteiger charge is -2.08. The fourth-order valence-electron chi connectivity index (χ4n) is 2.49. The first kappa shape index (κ1) is 15.7. The van der Waals surface area contributed by atoms with Crippen molar-refractivity contribution in [3.05, 3.63) is 67.1 Å². The molecule has 0 fully saturated rings. The van der Waals surface area contributed by atoms with Crippen LogP contribution in [0.4, 0.5) is 10.5 Å². The Morgan fingerprint density at radius 1 is 1.04 bits per heavy atom. The minimum Gasteiger partial charge on any atom is -0.337 e. The average Bonchev–Trinajstić information content (AvgIpc) is 3.17.